The number of hydrogen-bond acceptors (Lipinski definition) is 4. The predicted molar refractivity (Wildman–Crippen MR) is 75.0 cm³/mol. The third kappa shape index (κ3) is 3.32. The second-order valence-electron chi connectivity index (χ2n) is 5.48. The Bertz CT molecular complexity index is 485. The minimum absolute atomic E-state index is 0.405. The summed E-state index contributed by atoms with van der Waals surface area (Å²) in [6, 6.07) is 4.95. The van der Waals surface area contributed by atoms with Crippen molar-refractivity contribution in [1.29, 1.82) is 0 Å². The summed E-state index contributed by atoms with van der Waals surface area (Å²) in [5.74, 6) is -0.702. The molecule has 0 amide bonds. The third-order valence-corrected chi connectivity index (χ3v) is 3.94. The molecule has 0 N–H and O–H groups in total. The van der Waals surface area contributed by atoms with Gasteiger partial charge in [0.15, 0.2) is 0 Å². The van der Waals surface area contributed by atoms with E-state index in [1.165, 1.54) is 6.07 Å². The largest absolute Gasteiger partial charge is 0.306 e. The van der Waals surface area contributed by atoms with E-state index in [2.05, 4.69) is 23.9 Å². The minimum atomic E-state index is -0.702. The van der Waals surface area contributed by atoms with Gasteiger partial charge in [-0.25, -0.2) is 0 Å². The van der Waals surface area contributed by atoms with Crippen LogP contribution >= 0.6 is 0 Å². The van der Waals surface area contributed by atoms with Crippen LogP contribution in [0, 0.1) is 15.9 Å². The molecule has 1 fully saturated rings. The van der Waals surface area contributed by atoms with Gasteiger partial charge in [0.05, 0.1) is 4.92 Å². The van der Waals surface area contributed by atoms with Crippen LogP contribution in [0.4, 0.5) is 10.1 Å². The van der Waals surface area contributed by atoms with E-state index in [0.717, 1.165) is 25.9 Å². The van der Waals surface area contributed by atoms with Crippen molar-refractivity contribution >= 4 is 5.69 Å². The Morgan fingerprint density at radius 3 is 2.60 bits per heavy atom. The summed E-state index contributed by atoms with van der Waals surface area (Å²) in [6.07, 6.45) is 2.09. The maximum Gasteiger partial charge on any atom is 0.305 e. The standard InChI is InChI=1S/C14H20FN3O2/c1-16(2)12-6-8-17(9-7-12)10-11-4-3-5-13(14(11)15)18(19)20/h3-5,12H,6-10H2,1-2H3. The Balaban J connectivity index is 2.01. The van der Waals surface area contributed by atoms with E-state index < -0.39 is 16.4 Å². The van der Waals surface area contributed by atoms with Crippen LogP contribution in [-0.2, 0) is 6.54 Å². The van der Waals surface area contributed by atoms with Crippen LogP contribution in [0.5, 0.6) is 0 Å². The van der Waals surface area contributed by atoms with Crippen molar-refractivity contribution in [1.82, 2.24) is 9.80 Å². The molecule has 6 heteroatoms. The molecule has 0 unspecified atom stereocenters. The molecule has 20 heavy (non-hydrogen) atoms. The summed E-state index contributed by atoms with van der Waals surface area (Å²) in [7, 11) is 4.14. The van der Waals surface area contributed by atoms with Gasteiger partial charge in [-0.2, -0.15) is 4.39 Å². The van der Waals surface area contributed by atoms with Crippen LogP contribution < -0.4 is 0 Å². The average molecular weight is 281 g/mol. The lowest BCUT2D eigenvalue weighted by Crippen LogP contribution is -2.41. The highest BCUT2D eigenvalue weighted by atomic mass is 19.1. The molecule has 110 valence electrons. The SMILES string of the molecule is CN(C)C1CCN(Cc2cccc([N+](=O)[O-])c2F)CC1. The molecule has 1 aliphatic heterocycles. The number of piperidine rings is 1. The Morgan fingerprint density at radius 1 is 1.40 bits per heavy atom. The van der Waals surface area contributed by atoms with Gasteiger partial charge in [0.2, 0.25) is 5.82 Å². The molecule has 0 radical (unpaired) electrons. The predicted octanol–water partition coefficient (Wildman–Crippen LogP) is 2.26. The molecule has 1 aliphatic rings. The number of nitrogens with zero attached hydrogens (tertiary/aromatic N) is 3. The van der Waals surface area contributed by atoms with Crippen molar-refractivity contribution < 1.29 is 9.31 Å². The Hall–Kier alpha value is -1.53. The maximum atomic E-state index is 14.0. The second-order valence-corrected chi connectivity index (χ2v) is 5.48. The first-order chi connectivity index (χ1) is 9.49. The molecule has 1 aromatic carbocycles. The summed E-state index contributed by atoms with van der Waals surface area (Å²) in [5, 5.41) is 10.7. The lowest BCUT2D eigenvalue weighted by molar-refractivity contribution is -0.387. The molecule has 2 rings (SSSR count). The molecule has 5 nitrogen and oxygen atoms in total. The summed E-state index contributed by atoms with van der Waals surface area (Å²) >= 11 is 0. The van der Waals surface area contributed by atoms with E-state index in [1.807, 2.05) is 0 Å². The van der Waals surface area contributed by atoms with E-state index in [4.69, 9.17) is 0 Å². The van der Waals surface area contributed by atoms with Gasteiger partial charge in [0.1, 0.15) is 0 Å². The normalized spacial score (nSPS) is 17.6. The molecular formula is C14H20FN3O2. The van der Waals surface area contributed by atoms with Crippen LogP contribution in [0.1, 0.15) is 18.4 Å². The molecule has 0 aromatic heterocycles. The van der Waals surface area contributed by atoms with Gasteiger partial charge in [-0.15, -0.1) is 0 Å². The highest BCUT2D eigenvalue weighted by molar-refractivity contribution is 5.36. The van der Waals surface area contributed by atoms with Crippen molar-refractivity contribution in [2.75, 3.05) is 27.2 Å². The van der Waals surface area contributed by atoms with E-state index in [9.17, 15) is 14.5 Å². The summed E-state index contributed by atoms with van der Waals surface area (Å²) in [5.41, 5.74) is -0.0341. The van der Waals surface area contributed by atoms with Gasteiger partial charge in [0, 0.05) is 24.2 Å². The minimum Gasteiger partial charge on any atom is -0.306 e. The zero-order valence-corrected chi connectivity index (χ0v) is 11.9. The molecular weight excluding hydrogens is 261 g/mol. The van der Waals surface area contributed by atoms with Crippen molar-refractivity contribution in [3.8, 4) is 0 Å². The molecule has 1 saturated heterocycles. The fourth-order valence-corrected chi connectivity index (χ4v) is 2.66. The molecule has 0 spiro atoms. The molecule has 0 saturated carbocycles. The first kappa shape index (κ1) is 14.9. The number of halogens is 1. The van der Waals surface area contributed by atoms with Crippen LogP contribution in [-0.4, -0.2) is 47.9 Å². The molecule has 0 aliphatic carbocycles. The third-order valence-electron chi connectivity index (χ3n) is 3.94. The lowest BCUT2D eigenvalue weighted by atomic mass is 10.0. The number of likely N-dealkylation sites (tertiary alicyclic amines) is 1. The Labute approximate surface area is 118 Å². The maximum absolute atomic E-state index is 14.0. The highest BCUT2D eigenvalue weighted by Gasteiger charge is 2.23. The van der Waals surface area contributed by atoms with Crippen LogP contribution in [0.15, 0.2) is 18.2 Å². The summed E-state index contributed by atoms with van der Waals surface area (Å²) in [6.45, 7) is 2.23. The van der Waals surface area contributed by atoms with Gasteiger partial charge in [0.25, 0.3) is 0 Å². The zero-order chi connectivity index (χ0) is 14.7. The van der Waals surface area contributed by atoms with Crippen LogP contribution in [0.2, 0.25) is 0 Å². The Kier molecular flexibility index (Phi) is 4.67. The molecule has 0 atom stereocenters. The fourth-order valence-electron chi connectivity index (χ4n) is 2.66. The number of hydrogen-bond donors (Lipinski definition) is 0. The average Bonchev–Trinajstić information content (AvgIpc) is 2.41. The number of rotatable bonds is 4. The first-order valence-corrected chi connectivity index (χ1v) is 6.79. The monoisotopic (exact) mass is 281 g/mol. The van der Waals surface area contributed by atoms with Crippen LogP contribution in [0.25, 0.3) is 0 Å². The van der Waals surface area contributed by atoms with Crippen molar-refractivity contribution in [3.05, 3.63) is 39.7 Å². The first-order valence-electron chi connectivity index (χ1n) is 6.79. The molecule has 1 heterocycles. The fraction of sp³-hybridized carbons (Fsp3) is 0.571. The molecule has 1 aromatic rings. The van der Waals surface area contributed by atoms with E-state index in [0.29, 0.717) is 18.2 Å². The van der Waals surface area contributed by atoms with Gasteiger partial charge in [-0.05, 0) is 40.0 Å². The summed E-state index contributed by atoms with van der Waals surface area (Å²) < 4.78 is 14.0. The van der Waals surface area contributed by atoms with E-state index in [1.54, 1.807) is 12.1 Å². The lowest BCUT2D eigenvalue weighted by Gasteiger charge is -2.35. The van der Waals surface area contributed by atoms with Crippen molar-refractivity contribution in [2.24, 2.45) is 0 Å². The zero-order valence-electron chi connectivity index (χ0n) is 11.9. The Morgan fingerprint density at radius 2 is 2.05 bits per heavy atom. The van der Waals surface area contributed by atoms with Crippen molar-refractivity contribution in [3.63, 3.8) is 0 Å². The van der Waals surface area contributed by atoms with Gasteiger partial charge < -0.3 is 4.90 Å². The quantitative estimate of drug-likeness (QED) is 0.627. The second kappa shape index (κ2) is 6.28. The van der Waals surface area contributed by atoms with E-state index >= 15 is 0 Å². The number of nitro groups is 1. The number of nitro benzene ring substituents is 1. The highest BCUT2D eigenvalue weighted by Crippen LogP contribution is 2.23. The van der Waals surface area contributed by atoms with Gasteiger partial charge in [-0.3, -0.25) is 15.0 Å². The van der Waals surface area contributed by atoms with Crippen LogP contribution in [0.3, 0.4) is 0 Å². The molecule has 0 bridgehead atoms. The topological polar surface area (TPSA) is 49.6 Å². The number of benzene rings is 1. The van der Waals surface area contributed by atoms with Gasteiger partial charge >= 0.3 is 5.69 Å². The van der Waals surface area contributed by atoms with Crippen molar-refractivity contribution in [2.45, 2.75) is 25.4 Å². The van der Waals surface area contributed by atoms with Gasteiger partial charge in [-0.1, -0.05) is 12.1 Å². The van der Waals surface area contributed by atoms with E-state index in [-0.39, 0.29) is 0 Å². The summed E-state index contributed by atoms with van der Waals surface area (Å²) in [4.78, 5) is 14.4. The smallest absolute Gasteiger partial charge is 0.305 e.